The lowest BCUT2D eigenvalue weighted by atomic mass is 10.3. The fourth-order valence-corrected chi connectivity index (χ4v) is 2.22. The number of hydrogen-bond acceptors (Lipinski definition) is 5. The Balaban J connectivity index is 1.93. The van der Waals surface area contributed by atoms with Crippen LogP contribution in [0.25, 0.3) is 11.1 Å². The molecule has 3 rings (SSSR count). The predicted molar refractivity (Wildman–Crippen MR) is 67.6 cm³/mol. The second-order valence-corrected chi connectivity index (χ2v) is 4.48. The van der Waals surface area contributed by atoms with Crippen molar-refractivity contribution in [2.24, 2.45) is 0 Å². The number of furan rings is 1. The van der Waals surface area contributed by atoms with E-state index in [-0.39, 0.29) is 23.1 Å². The van der Waals surface area contributed by atoms with Crippen molar-refractivity contribution in [1.82, 2.24) is 10.2 Å². The molecule has 7 nitrogen and oxygen atoms in total. The molecule has 0 saturated heterocycles. The first-order valence-electron chi connectivity index (χ1n) is 5.20. The molecular formula is C11H7N3O4S. The van der Waals surface area contributed by atoms with Crippen LogP contribution < -0.4 is 5.32 Å². The topological polar surface area (TPSA) is 108 Å². The van der Waals surface area contributed by atoms with Crippen LogP contribution in [-0.2, 0) is 0 Å². The molecule has 19 heavy (non-hydrogen) atoms. The van der Waals surface area contributed by atoms with E-state index in [1.165, 1.54) is 17.4 Å². The maximum Gasteiger partial charge on any atom is 0.371 e. The summed E-state index contributed by atoms with van der Waals surface area (Å²) in [7, 11) is 0. The number of aromatic amines is 1. The molecule has 1 amide bonds. The van der Waals surface area contributed by atoms with Gasteiger partial charge in [0.25, 0.3) is 5.91 Å². The molecule has 0 aliphatic rings. The SMILES string of the molecule is O=C(Nc1n[nH]c2cc(C(=O)O)oc12)c1ccsc1. The van der Waals surface area contributed by atoms with Gasteiger partial charge in [0.2, 0.25) is 5.76 Å². The van der Waals surface area contributed by atoms with Crippen molar-refractivity contribution in [3.8, 4) is 0 Å². The van der Waals surface area contributed by atoms with E-state index >= 15 is 0 Å². The number of H-pyrrole nitrogens is 1. The van der Waals surface area contributed by atoms with Crippen molar-refractivity contribution in [2.45, 2.75) is 0 Å². The maximum atomic E-state index is 11.8. The van der Waals surface area contributed by atoms with Crippen LogP contribution in [0.3, 0.4) is 0 Å². The van der Waals surface area contributed by atoms with E-state index in [1.54, 1.807) is 16.8 Å². The molecule has 3 heterocycles. The number of hydrogen-bond donors (Lipinski definition) is 3. The number of nitrogens with one attached hydrogen (secondary N) is 2. The standard InChI is InChI=1S/C11H7N3O4S/c15-10(5-1-2-19-4-5)12-9-8-6(13-14-9)3-7(18-8)11(16)17/h1-4H,(H,16,17)(H2,12,13,14,15). The molecular weight excluding hydrogens is 270 g/mol. The summed E-state index contributed by atoms with van der Waals surface area (Å²) in [6.07, 6.45) is 0. The molecule has 0 atom stereocenters. The van der Waals surface area contributed by atoms with Gasteiger partial charge >= 0.3 is 5.97 Å². The Bertz CT molecular complexity index is 756. The van der Waals surface area contributed by atoms with Gasteiger partial charge in [0.15, 0.2) is 11.4 Å². The molecule has 0 aliphatic heterocycles. The first-order valence-corrected chi connectivity index (χ1v) is 6.14. The van der Waals surface area contributed by atoms with Crippen LogP contribution in [0.2, 0.25) is 0 Å². The number of nitrogens with zero attached hydrogens (tertiary/aromatic N) is 1. The van der Waals surface area contributed by atoms with Gasteiger partial charge in [0.1, 0.15) is 5.52 Å². The van der Waals surface area contributed by atoms with Crippen LogP contribution in [0.4, 0.5) is 5.82 Å². The minimum atomic E-state index is -1.18. The van der Waals surface area contributed by atoms with Gasteiger partial charge < -0.3 is 14.8 Å². The highest BCUT2D eigenvalue weighted by Crippen LogP contribution is 2.24. The number of aromatic nitrogens is 2. The summed E-state index contributed by atoms with van der Waals surface area (Å²) in [6.45, 7) is 0. The Morgan fingerprint density at radius 3 is 3.00 bits per heavy atom. The molecule has 0 aromatic carbocycles. The number of carbonyl (C=O) groups is 2. The summed E-state index contributed by atoms with van der Waals surface area (Å²) in [5.41, 5.74) is 1.13. The summed E-state index contributed by atoms with van der Waals surface area (Å²) in [5.74, 6) is -1.56. The first kappa shape index (κ1) is 11.5. The van der Waals surface area contributed by atoms with Gasteiger partial charge in [-0.1, -0.05) is 0 Å². The van der Waals surface area contributed by atoms with E-state index in [0.717, 1.165) is 0 Å². The van der Waals surface area contributed by atoms with Crippen molar-refractivity contribution in [3.05, 3.63) is 34.2 Å². The van der Waals surface area contributed by atoms with Crippen molar-refractivity contribution in [3.63, 3.8) is 0 Å². The Morgan fingerprint density at radius 1 is 1.47 bits per heavy atom. The monoisotopic (exact) mass is 277 g/mol. The van der Waals surface area contributed by atoms with Crippen molar-refractivity contribution < 1.29 is 19.1 Å². The highest BCUT2D eigenvalue weighted by atomic mass is 32.1. The molecule has 3 aromatic rings. The molecule has 0 unspecified atom stereocenters. The minimum Gasteiger partial charge on any atom is -0.475 e. The molecule has 0 spiro atoms. The third-order valence-corrected chi connectivity index (χ3v) is 3.14. The second-order valence-electron chi connectivity index (χ2n) is 3.70. The molecule has 8 heteroatoms. The molecule has 0 aliphatic carbocycles. The summed E-state index contributed by atoms with van der Waals surface area (Å²) in [5, 5.41) is 21.3. The van der Waals surface area contributed by atoms with Gasteiger partial charge in [-0.2, -0.15) is 16.4 Å². The van der Waals surface area contributed by atoms with Crippen LogP contribution in [-0.4, -0.2) is 27.2 Å². The summed E-state index contributed by atoms with van der Waals surface area (Å²) < 4.78 is 5.11. The fourth-order valence-electron chi connectivity index (χ4n) is 1.58. The first-order chi connectivity index (χ1) is 9.15. The number of carboxylic acid groups (broad SMARTS) is 1. The predicted octanol–water partition coefficient (Wildman–Crippen LogP) is 2.17. The summed E-state index contributed by atoms with van der Waals surface area (Å²) in [6, 6.07) is 2.99. The number of fused-ring (bicyclic) bond motifs is 1. The molecule has 96 valence electrons. The molecule has 3 N–H and O–H groups in total. The summed E-state index contributed by atoms with van der Waals surface area (Å²) >= 11 is 1.40. The summed E-state index contributed by atoms with van der Waals surface area (Å²) in [4.78, 5) is 22.6. The van der Waals surface area contributed by atoms with Gasteiger partial charge in [-0.25, -0.2) is 4.79 Å². The van der Waals surface area contributed by atoms with E-state index in [9.17, 15) is 9.59 Å². The van der Waals surface area contributed by atoms with E-state index in [2.05, 4.69) is 15.5 Å². The van der Waals surface area contributed by atoms with Crippen LogP contribution in [0.15, 0.2) is 27.3 Å². The molecule has 0 bridgehead atoms. The Labute approximate surface area is 109 Å². The third-order valence-electron chi connectivity index (χ3n) is 2.46. The highest BCUT2D eigenvalue weighted by molar-refractivity contribution is 7.08. The van der Waals surface area contributed by atoms with E-state index in [1.807, 2.05) is 0 Å². The smallest absolute Gasteiger partial charge is 0.371 e. The lowest BCUT2D eigenvalue weighted by Crippen LogP contribution is -2.11. The molecule has 3 aromatic heterocycles. The zero-order valence-corrected chi connectivity index (χ0v) is 10.2. The number of rotatable bonds is 3. The molecule has 0 radical (unpaired) electrons. The minimum absolute atomic E-state index is 0.165. The fraction of sp³-hybridized carbons (Fsp3) is 0. The number of carbonyl (C=O) groups excluding carboxylic acids is 1. The lowest BCUT2D eigenvalue weighted by Gasteiger charge is -1.98. The zero-order chi connectivity index (χ0) is 13.4. The van der Waals surface area contributed by atoms with Crippen molar-refractivity contribution >= 4 is 40.1 Å². The maximum absolute atomic E-state index is 11.8. The number of anilines is 1. The van der Waals surface area contributed by atoms with Crippen molar-refractivity contribution in [1.29, 1.82) is 0 Å². The Morgan fingerprint density at radius 2 is 2.32 bits per heavy atom. The van der Waals surface area contributed by atoms with Gasteiger partial charge in [-0.3, -0.25) is 9.89 Å². The number of amides is 1. The number of thiophene rings is 1. The van der Waals surface area contributed by atoms with Gasteiger partial charge in [-0.15, -0.1) is 0 Å². The largest absolute Gasteiger partial charge is 0.475 e. The quantitative estimate of drug-likeness (QED) is 0.679. The van der Waals surface area contributed by atoms with Crippen molar-refractivity contribution in [2.75, 3.05) is 5.32 Å². The number of aromatic carboxylic acids is 1. The lowest BCUT2D eigenvalue weighted by molar-refractivity contribution is 0.0665. The van der Waals surface area contributed by atoms with E-state index in [4.69, 9.17) is 9.52 Å². The van der Waals surface area contributed by atoms with Gasteiger partial charge in [0, 0.05) is 11.4 Å². The molecule has 0 fully saturated rings. The highest BCUT2D eigenvalue weighted by Gasteiger charge is 2.18. The number of carboxylic acids is 1. The zero-order valence-electron chi connectivity index (χ0n) is 9.34. The van der Waals surface area contributed by atoms with Gasteiger partial charge in [-0.05, 0) is 11.4 Å². The Hall–Kier alpha value is -2.61. The Kier molecular flexibility index (Phi) is 2.57. The van der Waals surface area contributed by atoms with Crippen LogP contribution >= 0.6 is 11.3 Å². The van der Waals surface area contributed by atoms with Crippen LogP contribution in [0.5, 0.6) is 0 Å². The van der Waals surface area contributed by atoms with Gasteiger partial charge in [0.05, 0.1) is 5.56 Å². The normalized spacial score (nSPS) is 10.7. The van der Waals surface area contributed by atoms with E-state index in [0.29, 0.717) is 11.1 Å². The second kappa shape index (κ2) is 4.25. The average molecular weight is 277 g/mol. The van der Waals surface area contributed by atoms with Crippen LogP contribution in [0, 0.1) is 0 Å². The third kappa shape index (κ3) is 1.97. The molecule has 0 saturated carbocycles. The van der Waals surface area contributed by atoms with Crippen LogP contribution in [0.1, 0.15) is 20.9 Å². The van der Waals surface area contributed by atoms with E-state index < -0.39 is 5.97 Å². The average Bonchev–Trinajstić information content (AvgIpc) is 3.05.